The van der Waals surface area contributed by atoms with Gasteiger partial charge in [-0.25, -0.2) is 4.79 Å². The van der Waals surface area contributed by atoms with Crippen LogP contribution in [-0.4, -0.2) is 41.7 Å². The van der Waals surface area contributed by atoms with Gasteiger partial charge in [-0.2, -0.15) is 0 Å². The Morgan fingerprint density at radius 2 is 1.88 bits per heavy atom. The molecule has 1 aliphatic rings. The van der Waals surface area contributed by atoms with Gasteiger partial charge in [0, 0.05) is 6.54 Å². The van der Waals surface area contributed by atoms with Gasteiger partial charge in [0.15, 0.2) is 0 Å². The lowest BCUT2D eigenvalue weighted by molar-refractivity contribution is 0.0233. The standard InChI is InChI=1S/C11H21NO4/c13-7-8-16-10(14)12-9-11(15)5-3-1-2-4-6-11/h13,15H,1-9H2,(H,12,14). The van der Waals surface area contributed by atoms with E-state index in [1.54, 1.807) is 0 Å². The van der Waals surface area contributed by atoms with E-state index >= 15 is 0 Å². The van der Waals surface area contributed by atoms with Gasteiger partial charge in [0.05, 0.1) is 12.2 Å². The average molecular weight is 231 g/mol. The van der Waals surface area contributed by atoms with E-state index in [4.69, 9.17) is 5.11 Å². The van der Waals surface area contributed by atoms with E-state index in [-0.39, 0.29) is 19.8 Å². The molecule has 1 amide bonds. The van der Waals surface area contributed by atoms with E-state index in [0.29, 0.717) is 0 Å². The average Bonchev–Trinajstić information content (AvgIpc) is 2.49. The van der Waals surface area contributed by atoms with Gasteiger partial charge in [-0.1, -0.05) is 25.7 Å². The first-order chi connectivity index (χ1) is 7.66. The van der Waals surface area contributed by atoms with Crippen molar-refractivity contribution in [1.29, 1.82) is 0 Å². The lowest BCUT2D eigenvalue weighted by Crippen LogP contribution is -2.42. The molecule has 0 aromatic rings. The van der Waals surface area contributed by atoms with E-state index in [2.05, 4.69) is 10.1 Å². The Labute approximate surface area is 95.8 Å². The van der Waals surface area contributed by atoms with Crippen LogP contribution >= 0.6 is 0 Å². The summed E-state index contributed by atoms with van der Waals surface area (Å²) in [7, 11) is 0. The zero-order valence-corrected chi connectivity index (χ0v) is 9.57. The van der Waals surface area contributed by atoms with E-state index < -0.39 is 11.7 Å². The van der Waals surface area contributed by atoms with Crippen LogP contribution in [0.2, 0.25) is 0 Å². The predicted molar refractivity (Wildman–Crippen MR) is 59.1 cm³/mol. The zero-order valence-electron chi connectivity index (χ0n) is 9.57. The molecule has 1 fully saturated rings. The first kappa shape index (κ1) is 13.3. The number of carbonyl (C=O) groups is 1. The largest absolute Gasteiger partial charge is 0.447 e. The Morgan fingerprint density at radius 1 is 1.25 bits per heavy atom. The summed E-state index contributed by atoms with van der Waals surface area (Å²) in [5, 5.41) is 21.2. The quantitative estimate of drug-likeness (QED) is 0.625. The zero-order chi connectivity index (χ0) is 11.9. The topological polar surface area (TPSA) is 78.8 Å². The second kappa shape index (κ2) is 6.70. The molecule has 3 N–H and O–H groups in total. The number of hydrogen-bond donors (Lipinski definition) is 3. The summed E-state index contributed by atoms with van der Waals surface area (Å²) in [6.45, 7) is 0.0409. The number of aliphatic hydroxyl groups is 2. The maximum absolute atomic E-state index is 11.1. The van der Waals surface area contributed by atoms with Crippen molar-refractivity contribution in [2.45, 2.75) is 44.1 Å². The van der Waals surface area contributed by atoms with Gasteiger partial charge in [-0.15, -0.1) is 0 Å². The van der Waals surface area contributed by atoms with Crippen LogP contribution in [0.4, 0.5) is 4.79 Å². The third-order valence-electron chi connectivity index (χ3n) is 2.92. The van der Waals surface area contributed by atoms with Crippen LogP contribution in [0.25, 0.3) is 0 Å². The van der Waals surface area contributed by atoms with Crippen molar-refractivity contribution in [3.63, 3.8) is 0 Å². The smallest absolute Gasteiger partial charge is 0.407 e. The summed E-state index contributed by atoms with van der Waals surface area (Å²) in [5.74, 6) is 0. The monoisotopic (exact) mass is 231 g/mol. The van der Waals surface area contributed by atoms with Gasteiger partial charge in [-0.05, 0) is 12.8 Å². The van der Waals surface area contributed by atoms with Crippen LogP contribution in [0.3, 0.4) is 0 Å². The highest BCUT2D eigenvalue weighted by atomic mass is 16.6. The van der Waals surface area contributed by atoms with Crippen LogP contribution in [0.1, 0.15) is 38.5 Å². The highest BCUT2D eigenvalue weighted by Crippen LogP contribution is 2.26. The number of nitrogens with one attached hydrogen (secondary N) is 1. The molecule has 16 heavy (non-hydrogen) atoms. The Hall–Kier alpha value is -0.810. The number of ether oxygens (including phenoxy) is 1. The lowest BCUT2D eigenvalue weighted by atomic mass is 9.95. The van der Waals surface area contributed by atoms with E-state index in [1.807, 2.05) is 0 Å². The minimum absolute atomic E-state index is 0.00966. The normalized spacial score (nSPS) is 19.9. The van der Waals surface area contributed by atoms with Gasteiger partial charge in [0.25, 0.3) is 0 Å². The van der Waals surface area contributed by atoms with E-state index in [9.17, 15) is 9.90 Å². The molecule has 0 aromatic carbocycles. The molecule has 0 radical (unpaired) electrons. The fraction of sp³-hybridized carbons (Fsp3) is 0.909. The third-order valence-corrected chi connectivity index (χ3v) is 2.92. The van der Waals surface area contributed by atoms with Crippen molar-refractivity contribution >= 4 is 6.09 Å². The molecule has 0 spiro atoms. The van der Waals surface area contributed by atoms with Crippen molar-refractivity contribution in [3.8, 4) is 0 Å². The molecule has 0 saturated heterocycles. The van der Waals surface area contributed by atoms with Crippen molar-refractivity contribution in [2.75, 3.05) is 19.8 Å². The highest BCUT2D eigenvalue weighted by Gasteiger charge is 2.28. The number of rotatable bonds is 4. The Kier molecular flexibility index (Phi) is 5.55. The molecule has 0 aromatic heterocycles. The van der Waals surface area contributed by atoms with Crippen molar-refractivity contribution in [1.82, 2.24) is 5.32 Å². The first-order valence-corrected chi connectivity index (χ1v) is 5.90. The number of alkyl carbamates (subject to hydrolysis) is 1. The van der Waals surface area contributed by atoms with Crippen molar-refractivity contribution in [3.05, 3.63) is 0 Å². The summed E-state index contributed by atoms with van der Waals surface area (Å²) in [4.78, 5) is 11.1. The maximum Gasteiger partial charge on any atom is 0.407 e. The molecule has 94 valence electrons. The molecular formula is C11H21NO4. The molecule has 1 saturated carbocycles. The Balaban J connectivity index is 2.25. The number of amides is 1. The second-order valence-electron chi connectivity index (χ2n) is 4.35. The first-order valence-electron chi connectivity index (χ1n) is 5.90. The summed E-state index contributed by atoms with van der Waals surface area (Å²) in [6.07, 6.45) is 5.19. The molecule has 5 heteroatoms. The molecule has 1 aliphatic carbocycles. The van der Waals surface area contributed by atoms with Crippen LogP contribution in [0.15, 0.2) is 0 Å². The highest BCUT2D eigenvalue weighted by molar-refractivity contribution is 5.67. The minimum Gasteiger partial charge on any atom is -0.447 e. The SMILES string of the molecule is O=C(NCC1(O)CCCCCC1)OCCO. The Morgan fingerprint density at radius 3 is 2.44 bits per heavy atom. The third kappa shape index (κ3) is 4.81. The minimum atomic E-state index is -0.783. The van der Waals surface area contributed by atoms with Crippen LogP contribution in [-0.2, 0) is 4.74 Å². The fourth-order valence-corrected chi connectivity index (χ4v) is 1.99. The lowest BCUT2D eigenvalue weighted by Gasteiger charge is -2.26. The molecule has 0 aliphatic heterocycles. The molecule has 0 unspecified atom stereocenters. The van der Waals surface area contributed by atoms with Gasteiger partial charge < -0.3 is 20.3 Å². The molecular weight excluding hydrogens is 210 g/mol. The van der Waals surface area contributed by atoms with Gasteiger partial charge in [0.1, 0.15) is 6.61 Å². The van der Waals surface area contributed by atoms with E-state index in [1.165, 1.54) is 0 Å². The van der Waals surface area contributed by atoms with Crippen molar-refractivity contribution in [2.24, 2.45) is 0 Å². The molecule has 0 bridgehead atoms. The summed E-state index contributed by atoms with van der Waals surface area (Å²) < 4.78 is 4.65. The van der Waals surface area contributed by atoms with Gasteiger partial charge in [0.2, 0.25) is 0 Å². The summed E-state index contributed by atoms with van der Waals surface area (Å²) in [5.41, 5.74) is -0.783. The molecule has 0 atom stereocenters. The predicted octanol–water partition coefficient (Wildman–Crippen LogP) is 0.790. The van der Waals surface area contributed by atoms with E-state index in [0.717, 1.165) is 38.5 Å². The van der Waals surface area contributed by atoms with Crippen molar-refractivity contribution < 1.29 is 19.7 Å². The summed E-state index contributed by atoms with van der Waals surface area (Å²) >= 11 is 0. The maximum atomic E-state index is 11.1. The summed E-state index contributed by atoms with van der Waals surface area (Å²) in [6, 6.07) is 0. The number of hydrogen-bond acceptors (Lipinski definition) is 4. The van der Waals surface area contributed by atoms with Gasteiger partial charge in [-0.3, -0.25) is 0 Å². The van der Waals surface area contributed by atoms with Crippen LogP contribution < -0.4 is 5.32 Å². The molecule has 0 heterocycles. The molecule has 1 rings (SSSR count). The van der Waals surface area contributed by atoms with Crippen LogP contribution in [0, 0.1) is 0 Å². The number of carbonyl (C=O) groups excluding carboxylic acids is 1. The van der Waals surface area contributed by atoms with Crippen LogP contribution in [0.5, 0.6) is 0 Å². The second-order valence-corrected chi connectivity index (χ2v) is 4.35. The molecule has 5 nitrogen and oxygen atoms in total. The fourth-order valence-electron chi connectivity index (χ4n) is 1.99. The van der Waals surface area contributed by atoms with Gasteiger partial charge >= 0.3 is 6.09 Å². The Bertz CT molecular complexity index is 212. The number of aliphatic hydroxyl groups excluding tert-OH is 1.